The van der Waals surface area contributed by atoms with E-state index in [0.717, 1.165) is 25.3 Å². The monoisotopic (exact) mass is 253 g/mol. The van der Waals surface area contributed by atoms with Crippen LogP contribution in [0, 0.1) is 23.7 Å². The second-order valence-electron chi connectivity index (χ2n) is 6.65. The first kappa shape index (κ1) is 15.5. The number of nitrogens with one attached hydrogen (secondary N) is 1. The van der Waals surface area contributed by atoms with Crippen molar-refractivity contribution in [1.82, 2.24) is 5.32 Å². The smallest absolute Gasteiger partial charge is 0.220 e. The Hall–Kier alpha value is -0.530. The second-order valence-corrected chi connectivity index (χ2v) is 6.65. The van der Waals surface area contributed by atoms with Crippen LogP contribution in [0.5, 0.6) is 0 Å². The molecular weight excluding hydrogens is 222 g/mol. The summed E-state index contributed by atoms with van der Waals surface area (Å²) in [5, 5.41) is 3.13. The number of amides is 1. The van der Waals surface area contributed by atoms with Crippen molar-refractivity contribution in [3.63, 3.8) is 0 Å². The van der Waals surface area contributed by atoms with E-state index in [4.69, 9.17) is 0 Å². The highest BCUT2D eigenvalue weighted by Gasteiger charge is 2.19. The van der Waals surface area contributed by atoms with E-state index in [1.165, 1.54) is 25.7 Å². The zero-order chi connectivity index (χ0) is 13.5. The largest absolute Gasteiger partial charge is 0.356 e. The van der Waals surface area contributed by atoms with Crippen LogP contribution in [-0.2, 0) is 4.79 Å². The van der Waals surface area contributed by atoms with E-state index in [0.29, 0.717) is 17.8 Å². The van der Waals surface area contributed by atoms with Gasteiger partial charge in [-0.1, -0.05) is 53.4 Å². The van der Waals surface area contributed by atoms with Crippen LogP contribution >= 0.6 is 0 Å². The molecule has 1 rings (SSSR count). The van der Waals surface area contributed by atoms with E-state index in [2.05, 4.69) is 33.0 Å². The van der Waals surface area contributed by atoms with Crippen molar-refractivity contribution in [2.45, 2.75) is 66.2 Å². The van der Waals surface area contributed by atoms with Gasteiger partial charge in [-0.05, 0) is 30.1 Å². The summed E-state index contributed by atoms with van der Waals surface area (Å²) in [4.78, 5) is 11.8. The molecule has 0 bridgehead atoms. The zero-order valence-corrected chi connectivity index (χ0v) is 12.7. The maximum absolute atomic E-state index is 11.8. The fourth-order valence-corrected chi connectivity index (χ4v) is 3.20. The number of hydrogen-bond acceptors (Lipinski definition) is 1. The van der Waals surface area contributed by atoms with Gasteiger partial charge in [0.15, 0.2) is 0 Å². The van der Waals surface area contributed by atoms with Crippen LogP contribution in [0.2, 0.25) is 0 Å². The number of hydrogen-bond donors (Lipinski definition) is 1. The average molecular weight is 253 g/mol. The lowest BCUT2D eigenvalue weighted by Gasteiger charge is -2.25. The van der Waals surface area contributed by atoms with Gasteiger partial charge >= 0.3 is 0 Å². The Morgan fingerprint density at radius 3 is 2.17 bits per heavy atom. The molecule has 0 heterocycles. The molecule has 2 heteroatoms. The first-order valence-electron chi connectivity index (χ1n) is 7.77. The molecule has 1 fully saturated rings. The van der Waals surface area contributed by atoms with Gasteiger partial charge in [0, 0.05) is 13.0 Å². The lowest BCUT2D eigenvalue weighted by Crippen LogP contribution is -2.33. The van der Waals surface area contributed by atoms with Crippen LogP contribution in [0.3, 0.4) is 0 Å². The molecule has 0 aromatic heterocycles. The third-order valence-electron chi connectivity index (χ3n) is 4.50. The Morgan fingerprint density at radius 1 is 1.11 bits per heavy atom. The van der Waals surface area contributed by atoms with Crippen molar-refractivity contribution in [3.8, 4) is 0 Å². The molecule has 0 unspecified atom stereocenters. The number of carbonyl (C=O) groups excluding carboxylic acids is 1. The highest BCUT2D eigenvalue weighted by molar-refractivity contribution is 5.75. The molecule has 1 amide bonds. The minimum atomic E-state index is 0.258. The average Bonchev–Trinajstić information content (AvgIpc) is 2.78. The summed E-state index contributed by atoms with van der Waals surface area (Å²) in [5.41, 5.74) is 0. The highest BCUT2D eigenvalue weighted by atomic mass is 16.1. The van der Waals surface area contributed by atoms with E-state index in [-0.39, 0.29) is 5.91 Å². The van der Waals surface area contributed by atoms with Crippen LogP contribution in [-0.4, -0.2) is 12.5 Å². The van der Waals surface area contributed by atoms with Crippen molar-refractivity contribution < 1.29 is 4.79 Å². The summed E-state index contributed by atoms with van der Waals surface area (Å²) in [7, 11) is 0. The third-order valence-corrected chi connectivity index (χ3v) is 4.50. The van der Waals surface area contributed by atoms with Crippen molar-refractivity contribution in [1.29, 1.82) is 0 Å². The van der Waals surface area contributed by atoms with Crippen molar-refractivity contribution >= 4 is 5.91 Å². The summed E-state index contributed by atoms with van der Waals surface area (Å²) in [6.45, 7) is 9.83. The molecule has 18 heavy (non-hydrogen) atoms. The predicted molar refractivity (Wildman–Crippen MR) is 77.4 cm³/mol. The molecule has 1 aliphatic carbocycles. The molecule has 1 aliphatic rings. The molecular formula is C16H31NO. The molecule has 1 saturated carbocycles. The van der Waals surface area contributed by atoms with Gasteiger partial charge in [0.1, 0.15) is 0 Å². The van der Waals surface area contributed by atoms with Crippen LogP contribution in [0.25, 0.3) is 0 Å². The zero-order valence-electron chi connectivity index (χ0n) is 12.7. The predicted octanol–water partition coefficient (Wildman–Crippen LogP) is 4.00. The minimum Gasteiger partial charge on any atom is -0.356 e. The molecule has 0 saturated heterocycles. The van der Waals surface area contributed by atoms with E-state index in [1.807, 2.05) is 0 Å². The molecule has 0 atom stereocenters. The first-order valence-corrected chi connectivity index (χ1v) is 7.77. The Bertz CT molecular complexity index is 233. The summed E-state index contributed by atoms with van der Waals surface area (Å²) < 4.78 is 0. The van der Waals surface area contributed by atoms with Gasteiger partial charge < -0.3 is 5.32 Å². The fraction of sp³-hybridized carbons (Fsp3) is 0.938. The number of carbonyl (C=O) groups is 1. The summed E-state index contributed by atoms with van der Waals surface area (Å²) >= 11 is 0. The maximum Gasteiger partial charge on any atom is 0.220 e. The van der Waals surface area contributed by atoms with Crippen LogP contribution < -0.4 is 5.32 Å². The molecule has 2 nitrogen and oxygen atoms in total. The highest BCUT2D eigenvalue weighted by Crippen LogP contribution is 2.28. The molecule has 0 aromatic rings. The third kappa shape index (κ3) is 5.41. The summed E-state index contributed by atoms with van der Waals surface area (Å²) in [6.07, 6.45) is 7.25. The fourth-order valence-electron chi connectivity index (χ4n) is 3.20. The van der Waals surface area contributed by atoms with E-state index in [1.54, 1.807) is 0 Å². The topological polar surface area (TPSA) is 29.1 Å². The van der Waals surface area contributed by atoms with Crippen molar-refractivity contribution in [2.24, 2.45) is 23.7 Å². The summed E-state index contributed by atoms with van der Waals surface area (Å²) in [6, 6.07) is 0. The van der Waals surface area contributed by atoms with Crippen LogP contribution in [0.1, 0.15) is 66.2 Å². The Morgan fingerprint density at radius 2 is 1.67 bits per heavy atom. The second kappa shape index (κ2) is 7.81. The Labute approximate surface area is 113 Å². The SMILES string of the molecule is CC(C)C(CNC(=O)CCC1CCCC1)C(C)C. The van der Waals surface area contributed by atoms with E-state index in [9.17, 15) is 4.79 Å². The van der Waals surface area contributed by atoms with Gasteiger partial charge in [0.2, 0.25) is 5.91 Å². The Kier molecular flexibility index (Phi) is 6.73. The minimum absolute atomic E-state index is 0.258. The van der Waals surface area contributed by atoms with Crippen molar-refractivity contribution in [3.05, 3.63) is 0 Å². The van der Waals surface area contributed by atoms with Crippen LogP contribution in [0.15, 0.2) is 0 Å². The lowest BCUT2D eigenvalue weighted by molar-refractivity contribution is -0.121. The van der Waals surface area contributed by atoms with E-state index >= 15 is 0 Å². The van der Waals surface area contributed by atoms with Crippen molar-refractivity contribution in [2.75, 3.05) is 6.54 Å². The Balaban J connectivity index is 2.18. The quantitative estimate of drug-likeness (QED) is 0.730. The molecule has 0 aliphatic heterocycles. The standard InChI is InChI=1S/C16H31NO/c1-12(2)15(13(3)4)11-17-16(18)10-9-14-7-5-6-8-14/h12-15H,5-11H2,1-4H3,(H,17,18). The maximum atomic E-state index is 11.8. The first-order chi connectivity index (χ1) is 8.50. The summed E-state index contributed by atoms with van der Waals surface area (Å²) in [5.74, 6) is 2.95. The van der Waals surface area contributed by atoms with Gasteiger partial charge in [-0.2, -0.15) is 0 Å². The molecule has 106 valence electrons. The lowest BCUT2D eigenvalue weighted by atomic mass is 9.85. The normalized spacial score (nSPS) is 17.1. The van der Waals surface area contributed by atoms with Gasteiger partial charge in [-0.25, -0.2) is 0 Å². The van der Waals surface area contributed by atoms with Gasteiger partial charge in [0.25, 0.3) is 0 Å². The van der Waals surface area contributed by atoms with Gasteiger partial charge in [-0.15, -0.1) is 0 Å². The number of rotatable bonds is 7. The van der Waals surface area contributed by atoms with Crippen LogP contribution in [0.4, 0.5) is 0 Å². The van der Waals surface area contributed by atoms with Gasteiger partial charge in [-0.3, -0.25) is 4.79 Å². The molecule has 1 N–H and O–H groups in total. The molecule has 0 radical (unpaired) electrons. The molecule has 0 spiro atoms. The van der Waals surface area contributed by atoms with E-state index < -0.39 is 0 Å². The molecule has 0 aromatic carbocycles. The van der Waals surface area contributed by atoms with Gasteiger partial charge in [0.05, 0.1) is 0 Å².